The molecule has 1 aliphatic heterocycles. The van der Waals surface area contributed by atoms with Crippen LogP contribution < -0.4 is 0 Å². The minimum absolute atomic E-state index is 0.0156. The molecule has 0 bridgehead atoms. The van der Waals surface area contributed by atoms with Gasteiger partial charge in [-0.2, -0.15) is 0 Å². The fourth-order valence-corrected chi connectivity index (χ4v) is 3.45. The van der Waals surface area contributed by atoms with Crippen molar-refractivity contribution < 1.29 is 9.32 Å². The molecule has 0 aliphatic carbocycles. The Morgan fingerprint density at radius 3 is 2.88 bits per heavy atom. The number of rotatable bonds is 3. The van der Waals surface area contributed by atoms with Crippen LogP contribution in [-0.2, 0) is 0 Å². The fourth-order valence-electron chi connectivity index (χ4n) is 3.45. The normalized spacial score (nSPS) is 16.8. The highest BCUT2D eigenvalue weighted by Crippen LogP contribution is 2.33. The summed E-state index contributed by atoms with van der Waals surface area (Å²) in [6.45, 7) is 4.43. The van der Waals surface area contributed by atoms with Crippen molar-refractivity contribution in [2.45, 2.75) is 32.7 Å². The van der Waals surface area contributed by atoms with Crippen molar-refractivity contribution in [3.05, 3.63) is 59.5 Å². The van der Waals surface area contributed by atoms with Crippen LogP contribution >= 0.6 is 0 Å². The van der Waals surface area contributed by atoms with Crippen molar-refractivity contribution in [3.8, 4) is 11.4 Å². The van der Waals surface area contributed by atoms with Crippen LogP contribution in [0, 0.1) is 13.8 Å². The van der Waals surface area contributed by atoms with Gasteiger partial charge in [0.25, 0.3) is 5.91 Å². The fraction of sp³-hybridized carbons (Fsp3) is 0.316. The summed E-state index contributed by atoms with van der Waals surface area (Å²) in [4.78, 5) is 27.9. The van der Waals surface area contributed by atoms with Gasteiger partial charge in [0, 0.05) is 25.1 Å². The van der Waals surface area contributed by atoms with Gasteiger partial charge in [-0.15, -0.1) is 0 Å². The molecule has 132 valence electrons. The number of nitrogens with zero attached hydrogens (tertiary/aromatic N) is 5. The number of carbonyl (C=O) groups excluding carboxylic acids is 1. The Labute approximate surface area is 151 Å². The summed E-state index contributed by atoms with van der Waals surface area (Å²) < 4.78 is 5.23. The molecule has 1 aliphatic rings. The quantitative estimate of drug-likeness (QED) is 0.722. The zero-order valence-corrected chi connectivity index (χ0v) is 14.7. The summed E-state index contributed by atoms with van der Waals surface area (Å²) in [7, 11) is 0. The van der Waals surface area contributed by atoms with Gasteiger partial charge in [-0.25, -0.2) is 9.97 Å². The van der Waals surface area contributed by atoms with Crippen LogP contribution in [0.1, 0.15) is 46.4 Å². The zero-order chi connectivity index (χ0) is 18.1. The number of hydrogen-bond donors (Lipinski definition) is 0. The second-order valence-electron chi connectivity index (χ2n) is 6.40. The van der Waals surface area contributed by atoms with Crippen molar-refractivity contribution in [3.63, 3.8) is 0 Å². The van der Waals surface area contributed by atoms with E-state index in [2.05, 4.69) is 15.1 Å². The molecule has 4 heterocycles. The lowest BCUT2D eigenvalue weighted by Gasteiger charge is -2.24. The lowest BCUT2D eigenvalue weighted by atomic mass is 10.1. The van der Waals surface area contributed by atoms with E-state index < -0.39 is 0 Å². The molecule has 26 heavy (non-hydrogen) atoms. The van der Waals surface area contributed by atoms with Crippen molar-refractivity contribution >= 4 is 5.91 Å². The van der Waals surface area contributed by atoms with Crippen LogP contribution in [0.5, 0.6) is 0 Å². The summed E-state index contributed by atoms with van der Waals surface area (Å²) in [6, 6.07) is 5.38. The number of likely N-dealkylation sites (tertiary alicyclic amines) is 1. The van der Waals surface area contributed by atoms with Gasteiger partial charge < -0.3 is 9.42 Å². The SMILES string of the molecule is Cc1noc(C)c1-c1nccc([C@H]2CCCN2C(=O)c2cccnc2)n1. The van der Waals surface area contributed by atoms with E-state index in [1.165, 1.54) is 0 Å². The van der Waals surface area contributed by atoms with E-state index in [-0.39, 0.29) is 11.9 Å². The standard InChI is InChI=1S/C19H19N5O2/c1-12-17(13(2)26-23-12)18-21-9-7-15(22-18)16-6-4-10-24(16)19(25)14-5-3-8-20-11-14/h3,5,7-9,11,16H,4,6,10H2,1-2H3/t16-/m1/s1. The van der Waals surface area contributed by atoms with Gasteiger partial charge in [0.1, 0.15) is 5.76 Å². The van der Waals surface area contributed by atoms with Crippen LogP contribution in [0.2, 0.25) is 0 Å². The van der Waals surface area contributed by atoms with E-state index >= 15 is 0 Å². The zero-order valence-electron chi connectivity index (χ0n) is 14.7. The molecule has 1 atom stereocenters. The molecular formula is C19H19N5O2. The highest BCUT2D eigenvalue weighted by Gasteiger charge is 2.32. The summed E-state index contributed by atoms with van der Waals surface area (Å²) in [5.41, 5.74) is 3.01. The number of aromatic nitrogens is 4. The maximum absolute atomic E-state index is 12.9. The lowest BCUT2D eigenvalue weighted by Crippen LogP contribution is -2.31. The van der Waals surface area contributed by atoms with Gasteiger partial charge >= 0.3 is 0 Å². The minimum atomic E-state index is -0.0649. The maximum atomic E-state index is 12.9. The molecule has 4 rings (SSSR count). The molecule has 0 spiro atoms. The maximum Gasteiger partial charge on any atom is 0.255 e. The molecule has 0 radical (unpaired) electrons. The monoisotopic (exact) mass is 349 g/mol. The average Bonchev–Trinajstić information content (AvgIpc) is 3.29. The van der Waals surface area contributed by atoms with Crippen molar-refractivity contribution in [2.75, 3.05) is 6.54 Å². The third-order valence-electron chi connectivity index (χ3n) is 4.70. The average molecular weight is 349 g/mol. The van der Waals surface area contributed by atoms with Crippen molar-refractivity contribution in [1.82, 2.24) is 25.0 Å². The molecule has 1 fully saturated rings. The summed E-state index contributed by atoms with van der Waals surface area (Å²) in [6.07, 6.45) is 6.82. The number of amides is 1. The highest BCUT2D eigenvalue weighted by molar-refractivity contribution is 5.94. The van der Waals surface area contributed by atoms with Crippen molar-refractivity contribution in [2.24, 2.45) is 0 Å². The van der Waals surface area contributed by atoms with Gasteiger partial charge in [-0.05, 0) is 44.9 Å². The first-order valence-corrected chi connectivity index (χ1v) is 8.62. The Bertz CT molecular complexity index is 919. The van der Waals surface area contributed by atoms with Gasteiger partial charge in [0.05, 0.1) is 28.6 Å². The summed E-state index contributed by atoms with van der Waals surface area (Å²) >= 11 is 0. The molecule has 3 aromatic rings. The number of pyridine rings is 1. The molecule has 0 saturated carbocycles. The van der Waals surface area contributed by atoms with Gasteiger partial charge in [0.15, 0.2) is 5.82 Å². The van der Waals surface area contributed by atoms with Gasteiger partial charge in [0.2, 0.25) is 0 Å². The molecule has 0 N–H and O–H groups in total. The largest absolute Gasteiger partial charge is 0.361 e. The Morgan fingerprint density at radius 1 is 1.27 bits per heavy atom. The first kappa shape index (κ1) is 16.4. The van der Waals surface area contributed by atoms with E-state index in [1.54, 1.807) is 30.7 Å². The first-order valence-electron chi connectivity index (χ1n) is 8.62. The second-order valence-corrected chi connectivity index (χ2v) is 6.40. The van der Waals surface area contributed by atoms with Crippen LogP contribution in [-0.4, -0.2) is 37.5 Å². The van der Waals surface area contributed by atoms with E-state index in [1.807, 2.05) is 24.8 Å². The van der Waals surface area contributed by atoms with Gasteiger partial charge in [-0.3, -0.25) is 9.78 Å². The summed E-state index contributed by atoms with van der Waals surface area (Å²) in [5.74, 6) is 1.26. The topological polar surface area (TPSA) is 85.0 Å². The highest BCUT2D eigenvalue weighted by atomic mass is 16.5. The van der Waals surface area contributed by atoms with E-state index in [0.29, 0.717) is 23.7 Å². The van der Waals surface area contributed by atoms with Crippen LogP contribution in [0.25, 0.3) is 11.4 Å². The van der Waals surface area contributed by atoms with Crippen molar-refractivity contribution in [1.29, 1.82) is 0 Å². The number of hydrogen-bond acceptors (Lipinski definition) is 6. The molecular weight excluding hydrogens is 330 g/mol. The number of aryl methyl sites for hydroxylation is 2. The molecule has 7 nitrogen and oxygen atoms in total. The Hall–Kier alpha value is -3.09. The third kappa shape index (κ3) is 2.85. The Morgan fingerprint density at radius 2 is 2.15 bits per heavy atom. The summed E-state index contributed by atoms with van der Waals surface area (Å²) in [5, 5.41) is 3.98. The van der Waals surface area contributed by atoms with E-state index in [9.17, 15) is 4.79 Å². The minimum Gasteiger partial charge on any atom is -0.361 e. The molecule has 1 saturated heterocycles. The van der Waals surface area contributed by atoms with Crippen LogP contribution in [0.3, 0.4) is 0 Å². The Balaban J connectivity index is 1.67. The third-order valence-corrected chi connectivity index (χ3v) is 4.70. The smallest absolute Gasteiger partial charge is 0.255 e. The first-order chi connectivity index (χ1) is 12.6. The van der Waals surface area contributed by atoms with Crippen LogP contribution in [0.15, 0.2) is 41.3 Å². The second kappa shape index (κ2) is 6.67. The molecule has 3 aromatic heterocycles. The predicted molar refractivity (Wildman–Crippen MR) is 94.3 cm³/mol. The molecule has 7 heteroatoms. The predicted octanol–water partition coefficient (Wildman–Crippen LogP) is 3.12. The molecule has 1 amide bonds. The Kier molecular flexibility index (Phi) is 4.20. The van der Waals surface area contributed by atoms with E-state index in [4.69, 9.17) is 9.51 Å². The van der Waals surface area contributed by atoms with E-state index in [0.717, 1.165) is 29.8 Å². The van der Waals surface area contributed by atoms with Gasteiger partial charge in [-0.1, -0.05) is 5.16 Å². The number of carbonyl (C=O) groups is 1. The van der Waals surface area contributed by atoms with Crippen LogP contribution in [0.4, 0.5) is 0 Å². The lowest BCUT2D eigenvalue weighted by molar-refractivity contribution is 0.0732. The molecule has 0 aromatic carbocycles. The molecule has 0 unspecified atom stereocenters.